The monoisotopic (exact) mass is 1140 g/mol. The van der Waals surface area contributed by atoms with Crippen molar-refractivity contribution in [2.75, 3.05) is 9.80 Å². The Labute approximate surface area is 460 Å². The minimum absolute atomic E-state index is 0. The number of benzene rings is 8. The molecule has 2 aliphatic rings. The van der Waals surface area contributed by atoms with Gasteiger partial charge in [-0.3, -0.25) is 0 Å². The smallest absolute Gasteiger partial charge is 0.135 e. The van der Waals surface area contributed by atoms with Gasteiger partial charge in [0.2, 0.25) is 0 Å². The van der Waals surface area contributed by atoms with Gasteiger partial charge in [-0.1, -0.05) is 175 Å². The first kappa shape index (κ1) is 36.7. The Morgan fingerprint density at radius 2 is 1.33 bits per heavy atom. The molecule has 0 saturated carbocycles. The van der Waals surface area contributed by atoms with E-state index in [1.807, 2.05) is 83.2 Å². The van der Waals surface area contributed by atoms with E-state index in [1.54, 1.807) is 41.1 Å². The summed E-state index contributed by atoms with van der Waals surface area (Å²) in [4.78, 5) is 8.74. The van der Waals surface area contributed by atoms with Gasteiger partial charge in [0.05, 0.1) is 11.0 Å². The molecule has 0 N–H and O–H groups in total. The van der Waals surface area contributed by atoms with E-state index in [1.165, 1.54) is 23.3 Å². The molecule has 5 nitrogen and oxygen atoms in total. The van der Waals surface area contributed by atoms with Crippen LogP contribution < -0.4 is 14.5 Å². The molecule has 1 aliphatic heterocycles. The third kappa shape index (κ3) is 8.66. The van der Waals surface area contributed by atoms with E-state index in [-0.39, 0.29) is 113 Å². The van der Waals surface area contributed by atoms with E-state index in [2.05, 4.69) is 78.8 Å². The first-order valence-corrected chi connectivity index (χ1v) is 24.4. The largest absolute Gasteiger partial charge is 0.509 e. The first-order valence-electron chi connectivity index (χ1n) is 29.9. The standard InChI is InChI=1S/C67H59N4O.Pt/c1-44-16-13-17-47(38-44)45-26-28-46(29-27-45)53-21-15-22-54(48-30-33-57-58(39-48)67(7,8)36-35-66(57,5)6)64(53)70-43-69(60-24-11-12-25-61(60)70)50-18-14-19-51(41-50)72-52-31-32-56-55-20-9-10-23-59(55)71(62(56)42-52)63-40-49(34-37-68-63)65(2,3)4;/h9-34,37-40,43H,35-36H2,1-8H3;/q-3;/i1D3,9D,10D,20D,23D,26D,27D,28D,29D;. The topological polar surface area (TPSA) is 33.5 Å². The molecule has 6 heteroatoms. The molecule has 0 saturated heterocycles. The van der Waals surface area contributed by atoms with Crippen LogP contribution in [0.2, 0.25) is 0 Å². The van der Waals surface area contributed by atoms with Crippen molar-refractivity contribution in [3.8, 4) is 50.7 Å². The Morgan fingerprint density at radius 3 is 2.11 bits per heavy atom. The van der Waals surface area contributed by atoms with Gasteiger partial charge < -0.3 is 19.1 Å². The van der Waals surface area contributed by atoms with Crippen LogP contribution in [0.25, 0.3) is 61.0 Å². The summed E-state index contributed by atoms with van der Waals surface area (Å²) >= 11 is 0. The van der Waals surface area contributed by atoms with Gasteiger partial charge in [0, 0.05) is 76.6 Å². The molecule has 8 aromatic carbocycles. The van der Waals surface area contributed by atoms with Crippen LogP contribution in [0, 0.1) is 25.7 Å². The van der Waals surface area contributed by atoms with Crippen LogP contribution in [-0.4, -0.2) is 9.55 Å². The number of nitrogens with zero attached hydrogens (tertiary/aromatic N) is 4. The maximum atomic E-state index is 9.73. The maximum Gasteiger partial charge on any atom is 0.135 e. The van der Waals surface area contributed by atoms with Crippen LogP contribution in [0.4, 0.5) is 22.7 Å². The van der Waals surface area contributed by atoms with Gasteiger partial charge in [0.15, 0.2) is 0 Å². The first-order chi connectivity index (χ1) is 39.2. The average molecular weight is 1140 g/mol. The van der Waals surface area contributed by atoms with Gasteiger partial charge in [0.1, 0.15) is 5.82 Å². The molecular formula is C67H59N4OPt-3. The Balaban J connectivity index is 0.00000736. The van der Waals surface area contributed by atoms with Crippen LogP contribution in [0.15, 0.2) is 182 Å². The van der Waals surface area contributed by atoms with Crippen molar-refractivity contribution >= 4 is 44.6 Å². The molecule has 366 valence electrons. The third-order valence-corrected chi connectivity index (χ3v) is 14.5. The second-order valence-electron chi connectivity index (χ2n) is 21.2. The summed E-state index contributed by atoms with van der Waals surface area (Å²) in [6.45, 7) is 14.9. The quantitative estimate of drug-likeness (QED) is 0.142. The number of ether oxygens (including phenoxy) is 1. The van der Waals surface area contributed by atoms with Gasteiger partial charge in [-0.2, -0.15) is 12.1 Å². The molecule has 0 atom stereocenters. The van der Waals surface area contributed by atoms with Crippen molar-refractivity contribution in [1.29, 1.82) is 0 Å². The minimum Gasteiger partial charge on any atom is -0.509 e. The molecule has 3 heterocycles. The summed E-state index contributed by atoms with van der Waals surface area (Å²) in [6, 6.07) is 43.9. The summed E-state index contributed by atoms with van der Waals surface area (Å²) < 4.78 is 106. The zero-order valence-electron chi connectivity index (χ0n) is 52.7. The summed E-state index contributed by atoms with van der Waals surface area (Å²) in [5.74, 6) is 1.11. The van der Waals surface area contributed by atoms with Crippen LogP contribution >= 0.6 is 0 Å². The van der Waals surface area contributed by atoms with Gasteiger partial charge in [-0.15, -0.1) is 48.1 Å². The van der Waals surface area contributed by atoms with Gasteiger partial charge in [-0.25, -0.2) is 4.98 Å². The van der Waals surface area contributed by atoms with Crippen molar-refractivity contribution in [1.82, 2.24) is 9.55 Å². The SMILES string of the molecule is [2H]c1c([2H])c(-c2cccc(-c3ccc4c(c3)C(C)(C)CCC4(C)C)c2N2[CH-]N(c3[c-]c(Oc4[c-]c5c(cc4)c4c([2H])c([2H])c([2H])c([2H])c4n5-c4cc(C(C)(C)C)ccn4)ccc3)c3ccccc32)c([2H])c([2H])c1-c1cccc(C([2H])([2H])[2H])c1.[Pt]. The Kier molecular flexibility index (Phi) is 9.23. The van der Waals surface area contributed by atoms with Crippen molar-refractivity contribution in [2.24, 2.45) is 0 Å². The van der Waals surface area contributed by atoms with Crippen LogP contribution in [0.3, 0.4) is 0 Å². The number of hydrogen-bond acceptors (Lipinski definition) is 4. The van der Waals surface area contributed by atoms with Gasteiger partial charge in [-0.05, 0) is 111 Å². The van der Waals surface area contributed by atoms with Gasteiger partial charge in [0.25, 0.3) is 0 Å². The Hall–Kier alpha value is -7.20. The van der Waals surface area contributed by atoms with E-state index >= 15 is 0 Å². The second kappa shape index (κ2) is 18.4. The van der Waals surface area contributed by atoms with Crippen molar-refractivity contribution < 1.29 is 40.9 Å². The summed E-state index contributed by atoms with van der Waals surface area (Å²) in [5.41, 5.74) is 9.11. The number of pyridine rings is 1. The Bertz CT molecular complexity index is 4310. The number of para-hydroxylation sites is 4. The molecule has 12 rings (SSSR count). The van der Waals surface area contributed by atoms with E-state index in [9.17, 15) is 5.48 Å². The van der Waals surface area contributed by atoms with Crippen molar-refractivity contribution in [3.05, 3.63) is 223 Å². The molecule has 10 aromatic rings. The summed E-state index contributed by atoms with van der Waals surface area (Å²) in [5, 5.41) is 0.895. The predicted molar refractivity (Wildman–Crippen MR) is 299 cm³/mol. The molecule has 1 aliphatic carbocycles. The second-order valence-corrected chi connectivity index (χ2v) is 21.2. The number of fused-ring (bicyclic) bond motifs is 5. The van der Waals surface area contributed by atoms with E-state index in [0.717, 1.165) is 40.9 Å². The summed E-state index contributed by atoms with van der Waals surface area (Å²) in [6.07, 6.45) is 3.74. The fourth-order valence-electron chi connectivity index (χ4n) is 10.4. The summed E-state index contributed by atoms with van der Waals surface area (Å²) in [7, 11) is 0. The average Bonchev–Trinajstić information content (AvgIpc) is 1.61. The number of aryl methyl sites for hydroxylation is 1. The predicted octanol–water partition coefficient (Wildman–Crippen LogP) is 17.9. The minimum atomic E-state index is -2.45. The number of anilines is 4. The van der Waals surface area contributed by atoms with Gasteiger partial charge >= 0.3 is 0 Å². The molecule has 0 fully saturated rings. The van der Waals surface area contributed by atoms with E-state index < -0.39 is 6.85 Å². The van der Waals surface area contributed by atoms with E-state index in [0.29, 0.717) is 50.5 Å². The van der Waals surface area contributed by atoms with Crippen LogP contribution in [-0.2, 0) is 37.3 Å². The van der Waals surface area contributed by atoms with Crippen molar-refractivity contribution in [2.45, 2.75) is 84.4 Å². The number of aromatic nitrogens is 2. The molecule has 0 unspecified atom stereocenters. The molecule has 2 aromatic heterocycles. The molecule has 0 bridgehead atoms. The zero-order valence-corrected chi connectivity index (χ0v) is 44.0. The van der Waals surface area contributed by atoms with Crippen molar-refractivity contribution in [3.63, 3.8) is 0 Å². The third-order valence-electron chi connectivity index (χ3n) is 14.5. The number of hydrogen-bond donors (Lipinski definition) is 0. The Morgan fingerprint density at radius 1 is 0.630 bits per heavy atom. The molecule has 0 amide bonds. The molecule has 0 radical (unpaired) electrons. The van der Waals surface area contributed by atoms with Crippen LogP contribution in [0.5, 0.6) is 11.5 Å². The molecule has 0 spiro atoms. The van der Waals surface area contributed by atoms with E-state index in [4.69, 9.17) is 19.3 Å². The van der Waals surface area contributed by atoms with Crippen LogP contribution in [0.1, 0.15) is 98.6 Å². The number of rotatable bonds is 8. The molecule has 73 heavy (non-hydrogen) atoms. The fraction of sp³-hybridized carbons (Fsp3) is 0.194. The zero-order chi connectivity index (χ0) is 59.0. The fourth-order valence-corrected chi connectivity index (χ4v) is 10.4. The maximum absolute atomic E-state index is 9.73. The molecular weight excluding hydrogens is 1070 g/mol. The normalized spacial score (nSPS) is 17.1.